The summed E-state index contributed by atoms with van der Waals surface area (Å²) in [6.45, 7) is 10.1. The average molecular weight is 215 g/mol. The highest BCUT2D eigenvalue weighted by Gasteiger charge is 2.21. The Morgan fingerprint density at radius 3 is 2.80 bits per heavy atom. The van der Waals surface area contributed by atoms with E-state index in [1.807, 2.05) is 6.92 Å². The van der Waals surface area contributed by atoms with E-state index in [-0.39, 0.29) is 11.5 Å². The largest absolute Gasteiger partial charge is 0.393 e. The summed E-state index contributed by atoms with van der Waals surface area (Å²) in [7, 11) is 0. The maximum Gasteiger partial charge on any atom is 0.0517 e. The normalized spacial score (nSPS) is 24.4. The van der Waals surface area contributed by atoms with Crippen molar-refractivity contribution >= 4 is 0 Å². The summed E-state index contributed by atoms with van der Waals surface area (Å²) in [5, 5.41) is 12.8. The Morgan fingerprint density at radius 2 is 2.27 bits per heavy atom. The minimum atomic E-state index is -0.211. The minimum absolute atomic E-state index is 0.174. The lowest BCUT2D eigenvalue weighted by atomic mass is 9.87. The highest BCUT2D eigenvalue weighted by atomic mass is 16.5. The first-order valence-corrected chi connectivity index (χ1v) is 5.96. The van der Waals surface area contributed by atoms with Gasteiger partial charge in [-0.3, -0.25) is 0 Å². The van der Waals surface area contributed by atoms with Crippen molar-refractivity contribution in [2.75, 3.05) is 26.3 Å². The second-order valence-corrected chi connectivity index (χ2v) is 5.58. The van der Waals surface area contributed by atoms with E-state index in [1.165, 1.54) is 6.42 Å². The second-order valence-electron chi connectivity index (χ2n) is 5.58. The van der Waals surface area contributed by atoms with E-state index in [0.29, 0.717) is 5.92 Å². The smallest absolute Gasteiger partial charge is 0.0517 e. The van der Waals surface area contributed by atoms with Crippen molar-refractivity contribution in [2.45, 2.75) is 39.7 Å². The quantitative estimate of drug-likeness (QED) is 0.704. The molecular formula is C12H25NO2. The molecule has 0 aromatic heterocycles. The molecule has 3 nitrogen and oxygen atoms in total. The van der Waals surface area contributed by atoms with Crippen LogP contribution < -0.4 is 5.32 Å². The molecule has 0 aliphatic carbocycles. The Morgan fingerprint density at radius 1 is 1.53 bits per heavy atom. The van der Waals surface area contributed by atoms with Gasteiger partial charge in [-0.2, -0.15) is 0 Å². The zero-order valence-corrected chi connectivity index (χ0v) is 10.3. The molecule has 0 amide bonds. The molecule has 1 rings (SSSR count). The first kappa shape index (κ1) is 12.9. The molecule has 2 N–H and O–H groups in total. The minimum Gasteiger partial charge on any atom is -0.393 e. The Bertz CT molecular complexity index is 174. The second kappa shape index (κ2) is 5.83. The van der Waals surface area contributed by atoms with Crippen LogP contribution in [0.2, 0.25) is 0 Å². The van der Waals surface area contributed by atoms with Gasteiger partial charge in [-0.1, -0.05) is 13.8 Å². The van der Waals surface area contributed by atoms with Crippen LogP contribution in [0.5, 0.6) is 0 Å². The third-order valence-electron chi connectivity index (χ3n) is 2.91. The number of rotatable bonds is 6. The Labute approximate surface area is 93.2 Å². The van der Waals surface area contributed by atoms with Crippen molar-refractivity contribution < 1.29 is 9.84 Å². The summed E-state index contributed by atoms with van der Waals surface area (Å²) in [5.74, 6) is 0.687. The van der Waals surface area contributed by atoms with Crippen LogP contribution >= 0.6 is 0 Å². The summed E-state index contributed by atoms with van der Waals surface area (Å²) >= 11 is 0. The van der Waals surface area contributed by atoms with Gasteiger partial charge in [0, 0.05) is 19.7 Å². The van der Waals surface area contributed by atoms with Crippen molar-refractivity contribution in [2.24, 2.45) is 11.3 Å². The fraction of sp³-hybridized carbons (Fsp3) is 1.00. The highest BCUT2D eigenvalue weighted by Crippen LogP contribution is 2.21. The van der Waals surface area contributed by atoms with E-state index in [2.05, 4.69) is 19.2 Å². The summed E-state index contributed by atoms with van der Waals surface area (Å²) in [4.78, 5) is 0. The molecule has 90 valence electrons. The molecule has 0 aromatic carbocycles. The average Bonchev–Trinajstić information content (AvgIpc) is 2.53. The SMILES string of the molecule is CC(O)CC(C)(C)CNCC1CCOC1. The van der Waals surface area contributed by atoms with Gasteiger partial charge in [-0.05, 0) is 31.1 Å². The number of nitrogens with one attached hydrogen (secondary N) is 1. The van der Waals surface area contributed by atoms with Crippen LogP contribution in [0.3, 0.4) is 0 Å². The highest BCUT2D eigenvalue weighted by molar-refractivity contribution is 4.75. The summed E-state index contributed by atoms with van der Waals surface area (Å²) in [6.07, 6.45) is 1.82. The van der Waals surface area contributed by atoms with Gasteiger partial charge in [0.1, 0.15) is 0 Å². The molecule has 2 atom stereocenters. The van der Waals surface area contributed by atoms with Crippen LogP contribution in [0.1, 0.15) is 33.6 Å². The topological polar surface area (TPSA) is 41.5 Å². The number of aliphatic hydroxyl groups is 1. The molecule has 0 bridgehead atoms. The van der Waals surface area contributed by atoms with E-state index >= 15 is 0 Å². The van der Waals surface area contributed by atoms with Crippen molar-refractivity contribution in [1.82, 2.24) is 5.32 Å². The molecule has 3 heteroatoms. The van der Waals surface area contributed by atoms with Gasteiger partial charge in [-0.15, -0.1) is 0 Å². The molecule has 0 aromatic rings. The van der Waals surface area contributed by atoms with E-state index in [4.69, 9.17) is 4.74 Å². The monoisotopic (exact) mass is 215 g/mol. The predicted octanol–water partition coefficient (Wildman–Crippen LogP) is 1.41. The van der Waals surface area contributed by atoms with Crippen molar-refractivity contribution in [3.63, 3.8) is 0 Å². The van der Waals surface area contributed by atoms with Gasteiger partial charge < -0.3 is 15.2 Å². The lowest BCUT2D eigenvalue weighted by Gasteiger charge is -2.27. The first-order valence-electron chi connectivity index (χ1n) is 5.96. The fourth-order valence-corrected chi connectivity index (χ4v) is 2.23. The van der Waals surface area contributed by atoms with Crippen molar-refractivity contribution in [3.8, 4) is 0 Å². The molecule has 1 heterocycles. The zero-order chi connectivity index (χ0) is 11.3. The number of hydrogen-bond donors (Lipinski definition) is 2. The molecule has 1 aliphatic heterocycles. The van der Waals surface area contributed by atoms with E-state index in [9.17, 15) is 5.11 Å². The van der Waals surface area contributed by atoms with Crippen LogP contribution in [0.4, 0.5) is 0 Å². The zero-order valence-electron chi connectivity index (χ0n) is 10.3. The van der Waals surface area contributed by atoms with Gasteiger partial charge in [0.15, 0.2) is 0 Å². The van der Waals surface area contributed by atoms with Crippen LogP contribution in [-0.2, 0) is 4.74 Å². The summed E-state index contributed by atoms with van der Waals surface area (Å²) in [6, 6.07) is 0. The van der Waals surface area contributed by atoms with Gasteiger partial charge in [0.05, 0.1) is 12.7 Å². The molecule has 2 unspecified atom stereocenters. The van der Waals surface area contributed by atoms with Crippen LogP contribution in [0.15, 0.2) is 0 Å². The molecule has 1 aliphatic rings. The van der Waals surface area contributed by atoms with Crippen LogP contribution in [0, 0.1) is 11.3 Å². The Kier molecular flexibility index (Phi) is 5.03. The summed E-state index contributed by atoms with van der Waals surface area (Å²) in [5.41, 5.74) is 0.174. The molecule has 0 saturated carbocycles. The molecule has 0 radical (unpaired) electrons. The Balaban J connectivity index is 2.11. The maximum atomic E-state index is 9.35. The summed E-state index contributed by atoms with van der Waals surface area (Å²) < 4.78 is 5.32. The van der Waals surface area contributed by atoms with Crippen molar-refractivity contribution in [3.05, 3.63) is 0 Å². The number of ether oxygens (including phenoxy) is 1. The standard InChI is InChI=1S/C12H25NO2/c1-10(14)6-12(2,3)9-13-7-11-4-5-15-8-11/h10-11,13-14H,4-9H2,1-3H3. The predicted molar refractivity (Wildman–Crippen MR) is 61.9 cm³/mol. The van der Waals surface area contributed by atoms with E-state index in [0.717, 1.165) is 32.7 Å². The fourth-order valence-electron chi connectivity index (χ4n) is 2.23. The van der Waals surface area contributed by atoms with Gasteiger partial charge in [0.2, 0.25) is 0 Å². The van der Waals surface area contributed by atoms with Crippen molar-refractivity contribution in [1.29, 1.82) is 0 Å². The molecule has 1 saturated heterocycles. The van der Waals surface area contributed by atoms with Crippen LogP contribution in [-0.4, -0.2) is 37.5 Å². The van der Waals surface area contributed by atoms with E-state index < -0.39 is 0 Å². The lowest BCUT2D eigenvalue weighted by Crippen LogP contribution is -2.34. The molecular weight excluding hydrogens is 190 g/mol. The maximum absolute atomic E-state index is 9.35. The van der Waals surface area contributed by atoms with Gasteiger partial charge in [-0.25, -0.2) is 0 Å². The van der Waals surface area contributed by atoms with Crippen LogP contribution in [0.25, 0.3) is 0 Å². The third-order valence-corrected chi connectivity index (χ3v) is 2.91. The lowest BCUT2D eigenvalue weighted by molar-refractivity contribution is 0.127. The molecule has 0 spiro atoms. The molecule has 1 fully saturated rings. The van der Waals surface area contributed by atoms with Gasteiger partial charge >= 0.3 is 0 Å². The number of hydrogen-bond acceptors (Lipinski definition) is 3. The van der Waals surface area contributed by atoms with Gasteiger partial charge in [0.25, 0.3) is 0 Å². The number of aliphatic hydroxyl groups excluding tert-OH is 1. The Hall–Kier alpha value is -0.120. The molecule has 15 heavy (non-hydrogen) atoms. The van der Waals surface area contributed by atoms with E-state index in [1.54, 1.807) is 0 Å². The third kappa shape index (κ3) is 5.50. The first-order chi connectivity index (χ1) is 6.99.